The molecule has 7 atom stereocenters. The molecule has 420 valence electrons. The van der Waals surface area contributed by atoms with E-state index < -0.39 is 48.5 Å². The fourth-order valence-corrected chi connectivity index (χ4v) is 12.1. The first-order valence-electron chi connectivity index (χ1n) is 27.3. The predicted molar refractivity (Wildman–Crippen MR) is 304 cm³/mol. The topological polar surface area (TPSA) is 231 Å². The molecule has 19 nitrogen and oxygen atoms in total. The quantitative estimate of drug-likeness (QED) is 0.0479. The van der Waals surface area contributed by atoms with Crippen molar-refractivity contribution < 1.29 is 38.4 Å². The minimum Gasteiger partial charge on any atom is -0.486 e. The molecule has 12 rings (SSSR count). The van der Waals surface area contributed by atoms with Gasteiger partial charge in [0.1, 0.15) is 53.3 Å². The van der Waals surface area contributed by atoms with E-state index >= 15 is 4.39 Å². The Morgan fingerprint density at radius 2 is 1.74 bits per heavy atom. The Balaban J connectivity index is 0.820. The third-order valence-corrected chi connectivity index (χ3v) is 16.7. The van der Waals surface area contributed by atoms with E-state index in [9.17, 15) is 19.8 Å². The number of aliphatic hydroxyl groups is 2. The molecule has 0 radical (unpaired) electrons. The third kappa shape index (κ3) is 10.6. The number of nitrogens with zero attached hydrogens (tertiary/aromatic N) is 9. The molecular formula is C59H61Cl2FN12O7. The number of methoxy groups -OCH3 is 1. The van der Waals surface area contributed by atoms with Crippen molar-refractivity contribution in [3.63, 3.8) is 0 Å². The number of amides is 2. The van der Waals surface area contributed by atoms with Gasteiger partial charge in [0.05, 0.1) is 47.8 Å². The van der Waals surface area contributed by atoms with Gasteiger partial charge in [-0.25, -0.2) is 14.1 Å². The number of aliphatic hydroxyl groups excluding tert-OH is 2. The number of hydrogen-bond acceptors (Lipinski definition) is 15. The van der Waals surface area contributed by atoms with Gasteiger partial charge in [-0.05, 0) is 78.5 Å². The number of ether oxygens (including phenoxy) is 3. The van der Waals surface area contributed by atoms with Gasteiger partial charge in [0.15, 0.2) is 5.75 Å². The largest absolute Gasteiger partial charge is 0.486 e. The number of nitrogens with one attached hydrogen (secondary N) is 3. The van der Waals surface area contributed by atoms with E-state index in [1.54, 1.807) is 43.9 Å². The molecule has 5 N–H and O–H groups in total. The number of benzene rings is 4. The Bertz CT molecular complexity index is 3660. The first-order chi connectivity index (χ1) is 39.2. The molecule has 0 unspecified atom stereocenters. The lowest BCUT2D eigenvalue weighted by Crippen LogP contribution is -2.50. The van der Waals surface area contributed by atoms with Crippen LogP contribution >= 0.6 is 23.2 Å². The second-order valence-electron chi connectivity index (χ2n) is 21.9. The summed E-state index contributed by atoms with van der Waals surface area (Å²) >= 11 is 13.4. The maximum atomic E-state index is 16.0. The van der Waals surface area contributed by atoms with Crippen molar-refractivity contribution in [1.82, 2.24) is 55.7 Å². The minimum absolute atomic E-state index is 0.0176. The first kappa shape index (κ1) is 54.3. The highest BCUT2D eigenvalue weighted by Gasteiger charge is 2.44. The molecule has 4 fully saturated rings. The number of carbonyl (C=O) groups is 2. The smallest absolute Gasteiger partial charge is 0.319 e. The molecule has 8 aromatic rings. The van der Waals surface area contributed by atoms with Gasteiger partial charge in [-0.15, -0.1) is 5.10 Å². The number of aromatic amines is 1. The lowest BCUT2D eigenvalue weighted by atomic mass is 9.91. The zero-order chi connectivity index (χ0) is 56.2. The van der Waals surface area contributed by atoms with E-state index in [0.717, 1.165) is 71.4 Å². The molecule has 2 amide bonds. The van der Waals surface area contributed by atoms with Gasteiger partial charge >= 0.3 is 6.01 Å². The molecule has 4 aromatic heterocycles. The second-order valence-corrected chi connectivity index (χ2v) is 22.7. The number of H-pyrrole nitrogens is 1. The van der Waals surface area contributed by atoms with E-state index in [2.05, 4.69) is 47.1 Å². The molecule has 0 spiro atoms. The number of hydrogen-bond donors (Lipinski definition) is 5. The molecule has 1 aliphatic carbocycles. The summed E-state index contributed by atoms with van der Waals surface area (Å²) in [5.74, 6) is -0.502. The van der Waals surface area contributed by atoms with Gasteiger partial charge in [0, 0.05) is 90.5 Å². The van der Waals surface area contributed by atoms with Gasteiger partial charge in [-0.2, -0.15) is 15.1 Å². The van der Waals surface area contributed by atoms with Crippen LogP contribution in [0, 0.1) is 11.7 Å². The Hall–Kier alpha value is -7.33. The summed E-state index contributed by atoms with van der Waals surface area (Å²) in [6, 6.07) is 20.1. The highest BCUT2D eigenvalue weighted by molar-refractivity contribution is 6.35. The molecule has 1 saturated carbocycles. The van der Waals surface area contributed by atoms with Crippen LogP contribution in [0.4, 0.5) is 10.2 Å². The molecule has 81 heavy (non-hydrogen) atoms. The number of likely N-dealkylation sites (tertiary alicyclic amines) is 1. The monoisotopic (exact) mass is 1140 g/mol. The Morgan fingerprint density at radius 1 is 0.951 bits per heavy atom. The number of pyridine rings is 1. The van der Waals surface area contributed by atoms with Crippen molar-refractivity contribution in [2.24, 2.45) is 5.92 Å². The van der Waals surface area contributed by atoms with Crippen LogP contribution in [0.2, 0.25) is 10.2 Å². The zero-order valence-electron chi connectivity index (χ0n) is 45.0. The fraction of sp³-hybridized carbons (Fsp3) is 0.390. The van der Waals surface area contributed by atoms with E-state index in [1.807, 2.05) is 63.2 Å². The maximum Gasteiger partial charge on any atom is 0.319 e. The summed E-state index contributed by atoms with van der Waals surface area (Å²) in [5, 5.41) is 45.7. The van der Waals surface area contributed by atoms with E-state index in [-0.39, 0.29) is 61.2 Å². The highest BCUT2D eigenvalue weighted by Crippen LogP contribution is 2.54. The van der Waals surface area contributed by atoms with Crippen LogP contribution in [0.3, 0.4) is 0 Å². The number of rotatable bonds is 19. The lowest BCUT2D eigenvalue weighted by Gasteiger charge is -2.30. The van der Waals surface area contributed by atoms with Gasteiger partial charge in [0.25, 0.3) is 0 Å². The number of piperazine rings is 1. The van der Waals surface area contributed by atoms with Crippen LogP contribution in [0.15, 0.2) is 91.4 Å². The molecule has 22 heteroatoms. The Labute approximate surface area is 476 Å². The fourth-order valence-electron chi connectivity index (χ4n) is 11.6. The standard InChI is InChI=1S/C59H61Cl2FN12O7/c1-30(2)53(58(78)73-25-39(76)19-48(73)57(77)66-47(27-75)36-15-13-33(14-16-36)40-6-5-17-63-55(40)61)74-26-46(70-71-74)35-9-7-32(8-10-35)29-80-54-50(49-43-23-65-69-45(43)21-44(62)51(49)60)41(34-11-12-34)20-42-52(54)67-59(81-28-31(3)79-4)68-56(42)72-24-37-18-38(72)22-64-37/h5-10,13-17,20-21,23,26,30-31,34,37-39,47-48,53,64,75-76H,11-12,18-19,22,24-25,27-29H2,1-4H3,(H,65,69)(H,66,77)/t31-,37-,38-,39+,47-,48-,53-/m0/s1. The average Bonchev–Trinajstić information content (AvgIpc) is 4.07. The van der Waals surface area contributed by atoms with Crippen molar-refractivity contribution >= 4 is 62.6 Å². The number of carbonyl (C=O) groups excluding carboxylic acids is 2. The predicted octanol–water partition coefficient (Wildman–Crippen LogP) is 8.37. The summed E-state index contributed by atoms with van der Waals surface area (Å²) in [6.07, 6.45) is 6.63. The van der Waals surface area contributed by atoms with Crippen LogP contribution in [0.25, 0.3) is 55.3 Å². The highest BCUT2D eigenvalue weighted by atomic mass is 35.5. The number of anilines is 1. The molecule has 2 bridgehead atoms. The van der Waals surface area contributed by atoms with Crippen LogP contribution in [0.5, 0.6) is 11.8 Å². The molecule has 4 aliphatic rings. The SMILES string of the molecule is CO[C@@H](C)COc1nc(N2C[C@@H]3C[C@H]2CN3)c2cc(C3CC3)c(-c3c(Cl)c(F)cc4[nH]ncc34)c(OCc3ccc(-c4cn([C@H](C(=O)N5C[C@H](O)C[C@H]5C(=O)N[C@@H](CO)c5ccc(-c6cccnc6Cl)cc5)C(C)C)nn4)cc3)c2n1. The average molecular weight is 1140 g/mol. The summed E-state index contributed by atoms with van der Waals surface area (Å²) in [6.45, 7) is 7.08. The summed E-state index contributed by atoms with van der Waals surface area (Å²) in [7, 11) is 1.62. The molecular weight excluding hydrogens is 1080 g/mol. The van der Waals surface area contributed by atoms with Crippen molar-refractivity contribution in [3.05, 3.63) is 124 Å². The van der Waals surface area contributed by atoms with E-state index in [0.29, 0.717) is 55.7 Å². The van der Waals surface area contributed by atoms with E-state index in [1.165, 1.54) is 15.6 Å². The third-order valence-electron chi connectivity index (χ3n) is 16.1. The second kappa shape index (κ2) is 22.5. The van der Waals surface area contributed by atoms with Crippen LogP contribution in [0.1, 0.15) is 81.1 Å². The lowest BCUT2D eigenvalue weighted by molar-refractivity contribution is -0.142. The number of halogens is 3. The molecule has 4 aromatic carbocycles. The Morgan fingerprint density at radius 3 is 2.44 bits per heavy atom. The molecule has 7 heterocycles. The normalized spacial score (nSPS) is 19.9. The molecule has 3 saturated heterocycles. The van der Waals surface area contributed by atoms with E-state index in [4.69, 9.17) is 47.4 Å². The summed E-state index contributed by atoms with van der Waals surface area (Å²) < 4.78 is 36.3. The van der Waals surface area contributed by atoms with Gasteiger partial charge < -0.3 is 44.9 Å². The molecule has 3 aliphatic heterocycles. The van der Waals surface area contributed by atoms with Crippen LogP contribution < -0.4 is 25.0 Å². The van der Waals surface area contributed by atoms with Crippen molar-refractivity contribution in [2.45, 2.75) is 101 Å². The van der Waals surface area contributed by atoms with Gasteiger partial charge in [-0.3, -0.25) is 14.7 Å². The Kier molecular flexibility index (Phi) is 15.1. The number of fused-ring (bicyclic) bond motifs is 4. The summed E-state index contributed by atoms with van der Waals surface area (Å²) in [5.41, 5.74) is 7.24. The van der Waals surface area contributed by atoms with Crippen molar-refractivity contribution in [1.29, 1.82) is 0 Å². The van der Waals surface area contributed by atoms with Gasteiger partial charge in [0.2, 0.25) is 11.8 Å². The number of aromatic nitrogens is 8. The number of β-amino-alcohol motifs (C(OH)–C–C–N with tert-alkyl or cyclic N) is 1. The zero-order valence-corrected chi connectivity index (χ0v) is 46.5. The van der Waals surface area contributed by atoms with Crippen molar-refractivity contribution in [3.8, 4) is 45.3 Å². The minimum atomic E-state index is -1.01. The van der Waals surface area contributed by atoms with Crippen LogP contribution in [-0.2, 0) is 20.9 Å². The maximum absolute atomic E-state index is 16.0. The van der Waals surface area contributed by atoms with Gasteiger partial charge in [-0.1, -0.05) is 90.8 Å². The summed E-state index contributed by atoms with van der Waals surface area (Å²) in [4.78, 5) is 46.7. The van der Waals surface area contributed by atoms with Crippen LogP contribution in [-0.4, -0.2) is 137 Å². The van der Waals surface area contributed by atoms with Crippen molar-refractivity contribution in [2.75, 3.05) is 44.9 Å². The first-order valence-corrected chi connectivity index (χ1v) is 28.1.